The van der Waals surface area contributed by atoms with Crippen LogP contribution in [-0.2, 0) is 19.7 Å². The normalized spacial score (nSPS) is 15.5. The first kappa shape index (κ1) is 21.4. The van der Waals surface area contributed by atoms with Crippen LogP contribution in [0.25, 0.3) is 6.08 Å². The molecule has 0 atom stereocenters. The van der Waals surface area contributed by atoms with Gasteiger partial charge in [0.1, 0.15) is 11.4 Å². The number of thioether (sulfide) groups is 1. The molecule has 0 spiro atoms. The molecule has 1 heterocycles. The molecule has 9 nitrogen and oxygen atoms in total. The van der Waals surface area contributed by atoms with E-state index in [-0.39, 0.29) is 21.3 Å². The van der Waals surface area contributed by atoms with Gasteiger partial charge in [-0.15, -0.1) is 0 Å². The van der Waals surface area contributed by atoms with Crippen LogP contribution in [0.1, 0.15) is 5.56 Å². The lowest BCUT2D eigenvalue weighted by molar-refractivity contribution is -0.127. The number of imide groups is 1. The number of hydrogen-bond donors (Lipinski definition) is 1. The lowest BCUT2D eigenvalue weighted by Crippen LogP contribution is -2.36. The van der Waals surface area contributed by atoms with Crippen molar-refractivity contribution in [3.8, 4) is 11.5 Å². The number of methoxy groups -OCH3 is 1. The molecule has 2 aromatic carbocycles. The monoisotopic (exact) mass is 448 g/mol. The van der Waals surface area contributed by atoms with E-state index in [1.165, 1.54) is 43.5 Å². The number of rotatable bonds is 7. The number of carbonyl (C=O) groups excluding carboxylic acids is 3. The van der Waals surface area contributed by atoms with Gasteiger partial charge in [0.05, 0.1) is 12.0 Å². The zero-order valence-electron chi connectivity index (χ0n) is 15.6. The van der Waals surface area contributed by atoms with Crippen molar-refractivity contribution in [2.75, 3.05) is 13.7 Å². The maximum Gasteiger partial charge on any atom is 0.339 e. The molecule has 1 aliphatic heterocycles. The van der Waals surface area contributed by atoms with E-state index in [0.717, 1.165) is 4.90 Å². The molecule has 1 fully saturated rings. The number of ether oxygens (including phenoxy) is 1. The molecule has 11 heteroatoms. The summed E-state index contributed by atoms with van der Waals surface area (Å²) >= 11 is 0.666. The van der Waals surface area contributed by atoms with Crippen LogP contribution in [0, 0.1) is 0 Å². The molecule has 0 saturated carbocycles. The quantitative estimate of drug-likeness (QED) is 0.502. The van der Waals surface area contributed by atoms with Gasteiger partial charge >= 0.3 is 10.1 Å². The average molecular weight is 448 g/mol. The van der Waals surface area contributed by atoms with Crippen molar-refractivity contribution >= 4 is 45.0 Å². The van der Waals surface area contributed by atoms with Crippen molar-refractivity contribution in [1.29, 1.82) is 0 Å². The number of carbonyl (C=O) groups is 3. The second-order valence-corrected chi connectivity index (χ2v) is 8.53. The van der Waals surface area contributed by atoms with E-state index in [9.17, 15) is 22.8 Å². The Hall–Kier alpha value is -3.31. The minimum absolute atomic E-state index is 0.0146. The number of primary amides is 1. The van der Waals surface area contributed by atoms with E-state index in [1.807, 2.05) is 0 Å². The highest BCUT2D eigenvalue weighted by Gasteiger charge is 2.35. The van der Waals surface area contributed by atoms with Crippen LogP contribution in [0.2, 0.25) is 0 Å². The minimum atomic E-state index is -4.06. The first-order chi connectivity index (χ1) is 14.2. The van der Waals surface area contributed by atoms with Gasteiger partial charge in [0, 0.05) is 0 Å². The maximum atomic E-state index is 12.4. The number of nitrogens with zero attached hydrogens (tertiary/aromatic N) is 1. The molecule has 1 saturated heterocycles. The summed E-state index contributed by atoms with van der Waals surface area (Å²) in [5, 5.41) is -0.606. The van der Waals surface area contributed by atoms with Gasteiger partial charge in [-0.05, 0) is 47.7 Å². The molecule has 0 aliphatic carbocycles. The van der Waals surface area contributed by atoms with Crippen LogP contribution in [-0.4, -0.2) is 44.0 Å². The number of hydrogen-bond acceptors (Lipinski definition) is 8. The average Bonchev–Trinajstić information content (AvgIpc) is 2.96. The number of benzene rings is 2. The van der Waals surface area contributed by atoms with Crippen LogP contribution in [0.5, 0.6) is 11.5 Å². The van der Waals surface area contributed by atoms with Crippen molar-refractivity contribution in [1.82, 2.24) is 4.90 Å². The predicted octanol–water partition coefficient (Wildman–Crippen LogP) is 1.98. The predicted molar refractivity (Wildman–Crippen MR) is 109 cm³/mol. The SMILES string of the molecule is COc1cc(/C=C2\SC(=O)N(CC(N)=O)C2=O)ccc1OS(=O)(=O)c1ccccc1. The van der Waals surface area contributed by atoms with E-state index >= 15 is 0 Å². The zero-order valence-corrected chi connectivity index (χ0v) is 17.2. The highest BCUT2D eigenvalue weighted by molar-refractivity contribution is 8.18. The highest BCUT2D eigenvalue weighted by Crippen LogP contribution is 2.35. The standard InChI is InChI=1S/C19H16N2O7S2/c1-27-15-9-12(10-16-18(23)21(11-17(20)22)19(24)29-16)7-8-14(15)28-30(25,26)13-5-3-2-4-6-13/h2-10H,11H2,1H3,(H2,20,22)/b16-10-. The third-order valence-corrected chi connectivity index (χ3v) is 6.06. The molecular formula is C19H16N2O7S2. The van der Waals surface area contributed by atoms with E-state index in [0.29, 0.717) is 17.3 Å². The molecule has 3 rings (SSSR count). The summed E-state index contributed by atoms with van der Waals surface area (Å²) in [7, 11) is -2.73. The van der Waals surface area contributed by atoms with Gasteiger partial charge in [0.15, 0.2) is 11.5 Å². The number of nitrogens with two attached hydrogens (primary N) is 1. The van der Waals surface area contributed by atoms with Gasteiger partial charge < -0.3 is 14.7 Å². The van der Waals surface area contributed by atoms with Crippen LogP contribution in [0.3, 0.4) is 0 Å². The Morgan fingerprint density at radius 2 is 1.83 bits per heavy atom. The summed E-state index contributed by atoms with van der Waals surface area (Å²) in [6.45, 7) is -0.505. The molecule has 2 N–H and O–H groups in total. The van der Waals surface area contributed by atoms with Gasteiger partial charge in [-0.25, -0.2) is 0 Å². The lowest BCUT2D eigenvalue weighted by Gasteiger charge is -2.11. The Balaban J connectivity index is 1.86. The van der Waals surface area contributed by atoms with Gasteiger partial charge in [-0.3, -0.25) is 19.3 Å². The van der Waals surface area contributed by atoms with Crippen LogP contribution < -0.4 is 14.7 Å². The van der Waals surface area contributed by atoms with Gasteiger partial charge in [0.2, 0.25) is 5.91 Å². The van der Waals surface area contributed by atoms with E-state index in [2.05, 4.69) is 0 Å². The van der Waals surface area contributed by atoms with Gasteiger partial charge in [0.25, 0.3) is 11.1 Å². The molecular weight excluding hydrogens is 432 g/mol. The second kappa shape index (κ2) is 8.59. The fraction of sp³-hybridized carbons (Fsp3) is 0.105. The molecule has 0 unspecified atom stereocenters. The van der Waals surface area contributed by atoms with E-state index < -0.39 is 33.7 Å². The fourth-order valence-electron chi connectivity index (χ4n) is 2.54. The molecule has 2 aromatic rings. The lowest BCUT2D eigenvalue weighted by atomic mass is 10.2. The Kier molecular flexibility index (Phi) is 6.13. The zero-order chi connectivity index (χ0) is 21.9. The number of amides is 3. The molecule has 0 aromatic heterocycles. The summed E-state index contributed by atoms with van der Waals surface area (Å²) in [5.74, 6) is -1.38. The molecule has 0 bridgehead atoms. The Bertz CT molecular complexity index is 1140. The molecule has 156 valence electrons. The van der Waals surface area contributed by atoms with E-state index in [4.69, 9.17) is 14.7 Å². The minimum Gasteiger partial charge on any atom is -0.493 e. The van der Waals surface area contributed by atoms with Crippen molar-refractivity contribution < 1.29 is 31.7 Å². The summed E-state index contributed by atoms with van der Waals surface area (Å²) in [4.78, 5) is 36.0. The van der Waals surface area contributed by atoms with Crippen molar-refractivity contribution in [3.05, 3.63) is 59.0 Å². The topological polar surface area (TPSA) is 133 Å². The third kappa shape index (κ3) is 4.63. The van der Waals surface area contributed by atoms with Crippen LogP contribution in [0.15, 0.2) is 58.3 Å². The van der Waals surface area contributed by atoms with Gasteiger partial charge in [-0.1, -0.05) is 24.3 Å². The largest absolute Gasteiger partial charge is 0.493 e. The first-order valence-electron chi connectivity index (χ1n) is 8.42. The molecule has 0 radical (unpaired) electrons. The summed E-state index contributed by atoms with van der Waals surface area (Å²) in [6, 6.07) is 12.0. The van der Waals surface area contributed by atoms with E-state index in [1.54, 1.807) is 18.2 Å². The Labute approximate surface area is 176 Å². The Morgan fingerprint density at radius 3 is 2.47 bits per heavy atom. The molecule has 30 heavy (non-hydrogen) atoms. The highest BCUT2D eigenvalue weighted by atomic mass is 32.2. The van der Waals surface area contributed by atoms with Crippen LogP contribution >= 0.6 is 11.8 Å². The molecule has 3 amide bonds. The fourth-order valence-corrected chi connectivity index (χ4v) is 4.34. The first-order valence-corrected chi connectivity index (χ1v) is 10.6. The second-order valence-electron chi connectivity index (χ2n) is 5.99. The summed E-state index contributed by atoms with van der Waals surface area (Å²) in [5.41, 5.74) is 5.51. The Morgan fingerprint density at radius 1 is 1.13 bits per heavy atom. The van der Waals surface area contributed by atoms with Gasteiger partial charge in [-0.2, -0.15) is 8.42 Å². The summed E-state index contributed by atoms with van der Waals surface area (Å²) < 4.78 is 35.2. The van der Waals surface area contributed by atoms with Crippen molar-refractivity contribution in [2.24, 2.45) is 5.73 Å². The van der Waals surface area contributed by atoms with Crippen molar-refractivity contribution in [3.63, 3.8) is 0 Å². The summed E-state index contributed by atoms with van der Waals surface area (Å²) in [6.07, 6.45) is 1.42. The van der Waals surface area contributed by atoms with Crippen LogP contribution in [0.4, 0.5) is 4.79 Å². The smallest absolute Gasteiger partial charge is 0.339 e. The maximum absolute atomic E-state index is 12.4. The third-order valence-electron chi connectivity index (χ3n) is 3.90. The molecule has 1 aliphatic rings. The van der Waals surface area contributed by atoms with Crippen molar-refractivity contribution in [2.45, 2.75) is 4.90 Å².